The molecule has 12 heavy (non-hydrogen) atoms. The zero-order valence-corrected chi connectivity index (χ0v) is 6.92. The highest BCUT2D eigenvalue weighted by molar-refractivity contribution is 6.20. The molecule has 5 atom stereocenters. The first kappa shape index (κ1) is 10.2. The Labute approximate surface area is 74.2 Å². The second kappa shape index (κ2) is 3.87. The van der Waals surface area contributed by atoms with Gasteiger partial charge in [-0.15, -0.1) is 0 Å². The Hall–Kier alpha value is 0.0900. The van der Waals surface area contributed by atoms with Crippen molar-refractivity contribution in [2.24, 2.45) is 0 Å². The predicted molar refractivity (Wildman–Crippen MR) is 39.6 cm³/mol. The maximum Gasteiger partial charge on any atom is 0.160 e. The van der Waals surface area contributed by atoms with Gasteiger partial charge in [-0.2, -0.15) is 0 Å². The maximum atomic E-state index is 9.17. The quantitative estimate of drug-likeness (QED) is 0.367. The molecule has 1 fully saturated rings. The first-order chi connectivity index (χ1) is 5.57. The number of aliphatic hydroxyl groups excluding tert-OH is 4. The Balaban J connectivity index is 2.63. The number of halogens is 1. The van der Waals surface area contributed by atoms with Gasteiger partial charge in [-0.1, -0.05) is 11.6 Å². The standard InChI is InChI=1S/C6H11ClO5/c7-6-5(11)4(10)3(9)2(1-8)12-6/h2-6,8-11H,1H2/t2-,3+,4+,5+,6?/m1/s1. The van der Waals surface area contributed by atoms with Crippen LogP contribution in [0.25, 0.3) is 0 Å². The SMILES string of the molecule is OC[C@H]1OC(Cl)[C@@H](O)[C@@H](O)[C@H]1O. The Morgan fingerprint density at radius 1 is 1.08 bits per heavy atom. The van der Waals surface area contributed by atoms with E-state index in [1.54, 1.807) is 0 Å². The molecule has 6 heteroatoms. The smallest absolute Gasteiger partial charge is 0.160 e. The molecule has 0 bridgehead atoms. The van der Waals surface area contributed by atoms with Crippen molar-refractivity contribution in [2.45, 2.75) is 30.0 Å². The number of aliphatic hydroxyl groups is 4. The van der Waals surface area contributed by atoms with Gasteiger partial charge < -0.3 is 25.2 Å². The highest BCUT2D eigenvalue weighted by Crippen LogP contribution is 2.22. The molecule has 1 saturated heterocycles. The van der Waals surface area contributed by atoms with Crippen molar-refractivity contribution >= 4 is 11.6 Å². The van der Waals surface area contributed by atoms with Gasteiger partial charge in [0, 0.05) is 0 Å². The van der Waals surface area contributed by atoms with Crippen LogP contribution in [0.5, 0.6) is 0 Å². The van der Waals surface area contributed by atoms with Crippen molar-refractivity contribution in [1.29, 1.82) is 0 Å². The topological polar surface area (TPSA) is 90.2 Å². The van der Waals surface area contributed by atoms with Crippen LogP contribution in [0, 0.1) is 0 Å². The molecule has 0 saturated carbocycles. The largest absolute Gasteiger partial charge is 0.394 e. The fourth-order valence-corrected chi connectivity index (χ4v) is 1.34. The van der Waals surface area contributed by atoms with E-state index in [0.29, 0.717) is 0 Å². The van der Waals surface area contributed by atoms with Crippen LogP contribution >= 0.6 is 11.6 Å². The zero-order chi connectivity index (χ0) is 9.30. The molecule has 1 heterocycles. The molecule has 0 aromatic rings. The number of rotatable bonds is 1. The van der Waals surface area contributed by atoms with Crippen molar-refractivity contribution in [2.75, 3.05) is 6.61 Å². The molecule has 5 nitrogen and oxygen atoms in total. The van der Waals surface area contributed by atoms with Crippen molar-refractivity contribution in [3.05, 3.63) is 0 Å². The van der Waals surface area contributed by atoms with Gasteiger partial charge in [0.2, 0.25) is 0 Å². The van der Waals surface area contributed by atoms with Gasteiger partial charge in [0.1, 0.15) is 24.4 Å². The van der Waals surface area contributed by atoms with Crippen molar-refractivity contribution in [3.63, 3.8) is 0 Å². The summed E-state index contributed by atoms with van der Waals surface area (Å²) in [7, 11) is 0. The van der Waals surface area contributed by atoms with E-state index in [-0.39, 0.29) is 0 Å². The monoisotopic (exact) mass is 198 g/mol. The van der Waals surface area contributed by atoms with Gasteiger partial charge in [0.25, 0.3) is 0 Å². The molecule has 0 aliphatic carbocycles. The lowest BCUT2D eigenvalue weighted by Crippen LogP contribution is -2.56. The van der Waals surface area contributed by atoms with Crippen LogP contribution in [0.4, 0.5) is 0 Å². The lowest BCUT2D eigenvalue weighted by molar-refractivity contribution is -0.207. The maximum absolute atomic E-state index is 9.17. The van der Waals surface area contributed by atoms with E-state index in [0.717, 1.165) is 0 Å². The zero-order valence-electron chi connectivity index (χ0n) is 6.17. The minimum Gasteiger partial charge on any atom is -0.394 e. The predicted octanol–water partition coefficient (Wildman–Crippen LogP) is -1.97. The van der Waals surface area contributed by atoms with Crippen LogP contribution in [-0.4, -0.2) is 57.0 Å². The average Bonchev–Trinajstić information content (AvgIpc) is 2.08. The van der Waals surface area contributed by atoms with Crippen LogP contribution in [0.1, 0.15) is 0 Å². The van der Waals surface area contributed by atoms with Gasteiger partial charge >= 0.3 is 0 Å². The summed E-state index contributed by atoms with van der Waals surface area (Å²) in [6, 6.07) is 0. The average molecular weight is 199 g/mol. The van der Waals surface area contributed by atoms with E-state index in [4.69, 9.17) is 31.7 Å². The van der Waals surface area contributed by atoms with E-state index in [9.17, 15) is 5.11 Å². The lowest BCUT2D eigenvalue weighted by Gasteiger charge is -2.37. The summed E-state index contributed by atoms with van der Waals surface area (Å²) in [5, 5.41) is 36.0. The molecule has 1 rings (SSSR count). The second-order valence-electron chi connectivity index (χ2n) is 2.68. The highest BCUT2D eigenvalue weighted by atomic mass is 35.5. The van der Waals surface area contributed by atoms with Gasteiger partial charge in [-0.05, 0) is 0 Å². The number of ether oxygens (including phenoxy) is 1. The normalized spacial score (nSPS) is 49.2. The summed E-state index contributed by atoms with van der Waals surface area (Å²) in [5.74, 6) is 0. The summed E-state index contributed by atoms with van der Waals surface area (Å²) < 4.78 is 4.79. The van der Waals surface area contributed by atoms with E-state index in [2.05, 4.69) is 0 Å². The summed E-state index contributed by atoms with van der Waals surface area (Å²) in [6.45, 7) is -0.450. The molecule has 4 N–H and O–H groups in total. The Bertz CT molecular complexity index is 150. The molecule has 72 valence electrons. The lowest BCUT2D eigenvalue weighted by atomic mass is 10.0. The minimum absolute atomic E-state index is 0.450. The van der Waals surface area contributed by atoms with E-state index < -0.39 is 36.6 Å². The van der Waals surface area contributed by atoms with Gasteiger partial charge in [0.05, 0.1) is 6.61 Å². The Morgan fingerprint density at radius 3 is 2.17 bits per heavy atom. The highest BCUT2D eigenvalue weighted by Gasteiger charge is 2.42. The molecule has 1 unspecified atom stereocenters. The second-order valence-corrected chi connectivity index (χ2v) is 3.11. The van der Waals surface area contributed by atoms with Crippen molar-refractivity contribution in [1.82, 2.24) is 0 Å². The van der Waals surface area contributed by atoms with Gasteiger partial charge in [0.15, 0.2) is 5.56 Å². The van der Waals surface area contributed by atoms with Gasteiger partial charge in [-0.25, -0.2) is 0 Å². The van der Waals surface area contributed by atoms with E-state index >= 15 is 0 Å². The summed E-state index contributed by atoms with van der Waals surface area (Å²) >= 11 is 5.45. The number of hydrogen-bond donors (Lipinski definition) is 4. The van der Waals surface area contributed by atoms with Crippen LogP contribution < -0.4 is 0 Å². The summed E-state index contributed by atoms with van der Waals surface area (Å²) in [5.41, 5.74) is -1.10. The summed E-state index contributed by atoms with van der Waals surface area (Å²) in [4.78, 5) is 0. The molecule has 1 aliphatic heterocycles. The fourth-order valence-electron chi connectivity index (χ4n) is 1.06. The van der Waals surface area contributed by atoms with Crippen LogP contribution in [0.3, 0.4) is 0 Å². The molecule has 0 aromatic carbocycles. The third-order valence-corrected chi connectivity index (χ3v) is 2.20. The fraction of sp³-hybridized carbons (Fsp3) is 1.00. The summed E-state index contributed by atoms with van der Waals surface area (Å²) in [6.07, 6.45) is -4.95. The molecule has 0 spiro atoms. The third-order valence-electron chi connectivity index (χ3n) is 1.83. The van der Waals surface area contributed by atoms with Crippen molar-refractivity contribution in [3.8, 4) is 0 Å². The first-order valence-corrected chi connectivity index (χ1v) is 3.96. The van der Waals surface area contributed by atoms with Crippen molar-refractivity contribution < 1.29 is 25.2 Å². The molecule has 0 amide bonds. The number of alkyl halides is 1. The number of hydrogen-bond acceptors (Lipinski definition) is 5. The van der Waals surface area contributed by atoms with Crippen LogP contribution in [-0.2, 0) is 4.74 Å². The first-order valence-electron chi connectivity index (χ1n) is 3.52. The van der Waals surface area contributed by atoms with Gasteiger partial charge in [-0.3, -0.25) is 0 Å². The van der Waals surface area contributed by atoms with E-state index in [1.165, 1.54) is 0 Å². The Morgan fingerprint density at radius 2 is 1.67 bits per heavy atom. The molecule has 1 aliphatic rings. The Kier molecular flexibility index (Phi) is 3.28. The minimum atomic E-state index is -1.38. The molecule has 0 aromatic heterocycles. The third kappa shape index (κ3) is 1.71. The molecular formula is C6H11ClO5. The molecular weight excluding hydrogens is 188 g/mol. The van der Waals surface area contributed by atoms with E-state index in [1.807, 2.05) is 0 Å². The van der Waals surface area contributed by atoms with Crippen LogP contribution in [0.15, 0.2) is 0 Å². The van der Waals surface area contributed by atoms with Crippen LogP contribution in [0.2, 0.25) is 0 Å². The molecule has 0 radical (unpaired) electrons.